The molecule has 0 radical (unpaired) electrons. The Hall–Kier alpha value is -0.540. The third-order valence-electron chi connectivity index (χ3n) is 1.18. The van der Waals surface area contributed by atoms with Crippen molar-refractivity contribution in [2.24, 2.45) is 0 Å². The molecule has 0 unspecified atom stereocenters. The van der Waals surface area contributed by atoms with Gasteiger partial charge in [0, 0.05) is 19.4 Å². The van der Waals surface area contributed by atoms with Crippen molar-refractivity contribution in [2.75, 3.05) is 26.9 Å². The van der Waals surface area contributed by atoms with E-state index >= 15 is 0 Å². The van der Waals surface area contributed by atoms with Crippen LogP contribution in [0.3, 0.4) is 0 Å². The summed E-state index contributed by atoms with van der Waals surface area (Å²) in [5.41, 5.74) is 0.844. The monoisotopic (exact) mass is 145 g/mol. The van der Waals surface area contributed by atoms with Gasteiger partial charge in [0.15, 0.2) is 0 Å². The van der Waals surface area contributed by atoms with E-state index in [0.29, 0.717) is 6.61 Å². The summed E-state index contributed by atoms with van der Waals surface area (Å²) in [5.74, 6) is 0. The number of ether oxygens (including phenoxy) is 1. The minimum absolute atomic E-state index is 0.0697. The number of nitrogens with one attached hydrogen (secondary N) is 1. The Morgan fingerprint density at radius 3 is 2.80 bits per heavy atom. The van der Waals surface area contributed by atoms with Gasteiger partial charge in [-0.3, -0.25) is 0 Å². The molecule has 0 fully saturated rings. The van der Waals surface area contributed by atoms with Crippen LogP contribution in [0.15, 0.2) is 11.8 Å². The largest absolute Gasteiger partial charge is 0.390 e. The van der Waals surface area contributed by atoms with Gasteiger partial charge in [-0.2, -0.15) is 0 Å². The fourth-order valence-electron chi connectivity index (χ4n) is 0.563. The van der Waals surface area contributed by atoms with Crippen molar-refractivity contribution < 1.29 is 9.84 Å². The first-order valence-corrected chi connectivity index (χ1v) is 3.34. The van der Waals surface area contributed by atoms with Crippen molar-refractivity contribution in [3.05, 3.63) is 11.8 Å². The van der Waals surface area contributed by atoms with Crippen molar-refractivity contribution in [1.82, 2.24) is 5.32 Å². The normalized spacial score (nSPS) is 11.7. The van der Waals surface area contributed by atoms with E-state index in [1.54, 1.807) is 7.11 Å². The van der Waals surface area contributed by atoms with E-state index in [-0.39, 0.29) is 6.61 Å². The SMILES string of the molecule is C/C=C(\CO)NCCOC. The molecule has 0 atom stereocenters. The van der Waals surface area contributed by atoms with E-state index in [4.69, 9.17) is 9.84 Å². The molecule has 2 N–H and O–H groups in total. The molecule has 0 aliphatic heterocycles. The van der Waals surface area contributed by atoms with E-state index < -0.39 is 0 Å². The highest BCUT2D eigenvalue weighted by Crippen LogP contribution is 1.83. The molecule has 0 saturated carbocycles. The maximum absolute atomic E-state index is 8.65. The molecule has 3 nitrogen and oxygen atoms in total. The molecule has 60 valence electrons. The first-order valence-electron chi connectivity index (χ1n) is 3.34. The van der Waals surface area contributed by atoms with Crippen LogP contribution in [0.5, 0.6) is 0 Å². The second kappa shape index (κ2) is 6.58. The van der Waals surface area contributed by atoms with Gasteiger partial charge < -0.3 is 15.2 Å². The minimum Gasteiger partial charge on any atom is -0.390 e. The topological polar surface area (TPSA) is 41.5 Å². The summed E-state index contributed by atoms with van der Waals surface area (Å²) in [7, 11) is 1.65. The van der Waals surface area contributed by atoms with Crippen molar-refractivity contribution in [1.29, 1.82) is 0 Å². The quantitative estimate of drug-likeness (QED) is 0.540. The zero-order valence-corrected chi connectivity index (χ0v) is 6.55. The number of rotatable bonds is 5. The summed E-state index contributed by atoms with van der Waals surface area (Å²) in [6, 6.07) is 0. The van der Waals surface area contributed by atoms with Crippen LogP contribution in [0, 0.1) is 0 Å². The number of aliphatic hydroxyl groups excluding tert-OH is 1. The predicted octanol–water partition coefficient (Wildman–Crippen LogP) is 0.118. The van der Waals surface area contributed by atoms with Gasteiger partial charge in [0.2, 0.25) is 0 Å². The first kappa shape index (κ1) is 9.46. The molecule has 3 heteroatoms. The van der Waals surface area contributed by atoms with Crippen LogP contribution in [0.1, 0.15) is 6.92 Å². The second-order valence-corrected chi connectivity index (χ2v) is 1.89. The molecule has 0 aromatic carbocycles. The summed E-state index contributed by atoms with van der Waals surface area (Å²) in [6.07, 6.45) is 1.84. The summed E-state index contributed by atoms with van der Waals surface area (Å²) in [5, 5.41) is 11.7. The maximum atomic E-state index is 8.65. The number of methoxy groups -OCH3 is 1. The average molecular weight is 145 g/mol. The molecule has 0 aliphatic carbocycles. The first-order chi connectivity index (χ1) is 4.85. The molecule has 0 rings (SSSR count). The molecule has 0 aromatic heterocycles. The van der Waals surface area contributed by atoms with E-state index in [2.05, 4.69) is 5.32 Å². The third-order valence-corrected chi connectivity index (χ3v) is 1.18. The molecular formula is C7H15NO2. The van der Waals surface area contributed by atoms with Crippen molar-refractivity contribution in [2.45, 2.75) is 6.92 Å². The Labute approximate surface area is 61.7 Å². The lowest BCUT2D eigenvalue weighted by Gasteiger charge is -2.05. The van der Waals surface area contributed by atoms with Gasteiger partial charge in [0.1, 0.15) is 0 Å². The van der Waals surface area contributed by atoms with E-state index in [1.165, 1.54) is 0 Å². The van der Waals surface area contributed by atoms with Gasteiger partial charge in [0.25, 0.3) is 0 Å². The van der Waals surface area contributed by atoms with Crippen molar-refractivity contribution in [3.8, 4) is 0 Å². The van der Waals surface area contributed by atoms with E-state index in [1.807, 2.05) is 13.0 Å². The summed E-state index contributed by atoms with van der Waals surface area (Å²) >= 11 is 0. The summed E-state index contributed by atoms with van der Waals surface area (Å²) in [6.45, 7) is 3.36. The Balaban J connectivity index is 3.27. The third kappa shape index (κ3) is 4.35. The number of hydrogen-bond donors (Lipinski definition) is 2. The van der Waals surface area contributed by atoms with Gasteiger partial charge in [-0.15, -0.1) is 0 Å². The van der Waals surface area contributed by atoms with Crippen LogP contribution in [-0.2, 0) is 4.74 Å². The molecule has 0 aromatic rings. The Morgan fingerprint density at radius 2 is 2.40 bits per heavy atom. The Morgan fingerprint density at radius 1 is 1.70 bits per heavy atom. The van der Waals surface area contributed by atoms with Crippen LogP contribution >= 0.6 is 0 Å². The average Bonchev–Trinajstić information content (AvgIpc) is 1.99. The molecule has 0 amide bonds. The van der Waals surface area contributed by atoms with Crippen LogP contribution in [0.2, 0.25) is 0 Å². The minimum atomic E-state index is 0.0697. The number of hydrogen-bond acceptors (Lipinski definition) is 3. The smallest absolute Gasteiger partial charge is 0.0824 e. The Kier molecular flexibility index (Phi) is 6.22. The zero-order chi connectivity index (χ0) is 7.82. The number of aliphatic hydroxyl groups is 1. The van der Waals surface area contributed by atoms with E-state index in [9.17, 15) is 0 Å². The molecule has 0 spiro atoms. The lowest BCUT2D eigenvalue weighted by molar-refractivity contribution is 0.200. The molecule has 0 saturated heterocycles. The Bertz CT molecular complexity index is 102. The lowest BCUT2D eigenvalue weighted by atomic mass is 10.4. The highest BCUT2D eigenvalue weighted by molar-refractivity contribution is 4.96. The van der Waals surface area contributed by atoms with Crippen LogP contribution in [-0.4, -0.2) is 32.0 Å². The van der Waals surface area contributed by atoms with E-state index in [0.717, 1.165) is 12.2 Å². The second-order valence-electron chi connectivity index (χ2n) is 1.89. The maximum Gasteiger partial charge on any atom is 0.0824 e. The van der Waals surface area contributed by atoms with Gasteiger partial charge in [-0.05, 0) is 6.92 Å². The van der Waals surface area contributed by atoms with Gasteiger partial charge >= 0.3 is 0 Å². The van der Waals surface area contributed by atoms with Crippen molar-refractivity contribution in [3.63, 3.8) is 0 Å². The molecule has 0 aliphatic rings. The van der Waals surface area contributed by atoms with Gasteiger partial charge in [-0.25, -0.2) is 0 Å². The van der Waals surface area contributed by atoms with Gasteiger partial charge in [-0.1, -0.05) is 6.08 Å². The van der Waals surface area contributed by atoms with Crippen LogP contribution in [0.4, 0.5) is 0 Å². The lowest BCUT2D eigenvalue weighted by Crippen LogP contribution is -2.20. The fraction of sp³-hybridized carbons (Fsp3) is 0.714. The predicted molar refractivity (Wildman–Crippen MR) is 40.7 cm³/mol. The highest BCUT2D eigenvalue weighted by Gasteiger charge is 1.89. The number of allylic oxidation sites excluding steroid dienone is 1. The van der Waals surface area contributed by atoms with Crippen LogP contribution < -0.4 is 5.32 Å². The summed E-state index contributed by atoms with van der Waals surface area (Å²) < 4.78 is 4.81. The molecule has 0 bridgehead atoms. The fourth-order valence-corrected chi connectivity index (χ4v) is 0.563. The molecule has 10 heavy (non-hydrogen) atoms. The van der Waals surface area contributed by atoms with Gasteiger partial charge in [0.05, 0.1) is 13.2 Å². The van der Waals surface area contributed by atoms with Crippen molar-refractivity contribution >= 4 is 0 Å². The molecule has 0 heterocycles. The molecular weight excluding hydrogens is 130 g/mol. The highest BCUT2D eigenvalue weighted by atomic mass is 16.5. The summed E-state index contributed by atoms with van der Waals surface area (Å²) in [4.78, 5) is 0. The van der Waals surface area contributed by atoms with Crippen LogP contribution in [0.25, 0.3) is 0 Å². The zero-order valence-electron chi connectivity index (χ0n) is 6.55. The standard InChI is InChI=1S/C7H15NO2/c1-3-7(6-9)8-4-5-10-2/h3,8-9H,4-6H2,1-2H3/b7-3+.